The Balaban J connectivity index is 2.45. The van der Waals surface area contributed by atoms with Gasteiger partial charge in [0, 0.05) is 6.54 Å². The minimum atomic E-state index is -0.619. The highest BCUT2D eigenvalue weighted by molar-refractivity contribution is 5.31. The number of halogens is 2. The van der Waals surface area contributed by atoms with E-state index in [1.807, 2.05) is 6.92 Å². The fourth-order valence-corrected chi connectivity index (χ4v) is 2.00. The molecule has 0 amide bonds. The second-order valence-corrected chi connectivity index (χ2v) is 4.93. The number of benzene rings is 1. The third kappa shape index (κ3) is 5.87. The highest BCUT2D eigenvalue weighted by Gasteiger charge is 2.12. The van der Waals surface area contributed by atoms with E-state index in [0.29, 0.717) is 18.7 Å². The molecule has 0 atom stereocenters. The van der Waals surface area contributed by atoms with Crippen LogP contribution in [0.1, 0.15) is 51.5 Å². The van der Waals surface area contributed by atoms with Crippen molar-refractivity contribution in [3.8, 4) is 5.75 Å². The number of nitrogens with one attached hydrogen (secondary N) is 1. The minimum Gasteiger partial charge on any atom is -0.488 e. The summed E-state index contributed by atoms with van der Waals surface area (Å²) in [7, 11) is 0. The van der Waals surface area contributed by atoms with Crippen LogP contribution >= 0.6 is 0 Å². The molecule has 0 radical (unpaired) electrons. The van der Waals surface area contributed by atoms with E-state index in [2.05, 4.69) is 12.2 Å². The molecule has 0 unspecified atom stereocenters. The van der Waals surface area contributed by atoms with Gasteiger partial charge in [-0.05, 0) is 30.7 Å². The standard InChI is InChI=1S/C16H25F2NO/c1-3-5-6-7-8-9-20-16-14(17)10-13(11-15(16)18)12-19-4-2/h10-11,19H,3-9,12H2,1-2H3. The zero-order chi connectivity index (χ0) is 14.8. The normalized spacial score (nSPS) is 10.8. The van der Waals surface area contributed by atoms with Gasteiger partial charge in [0.15, 0.2) is 17.4 Å². The van der Waals surface area contributed by atoms with Gasteiger partial charge in [0.2, 0.25) is 0 Å². The van der Waals surface area contributed by atoms with Gasteiger partial charge in [0.1, 0.15) is 0 Å². The van der Waals surface area contributed by atoms with Gasteiger partial charge in [0.05, 0.1) is 6.61 Å². The molecule has 0 spiro atoms. The summed E-state index contributed by atoms with van der Waals surface area (Å²) in [6.07, 6.45) is 5.39. The Bertz CT molecular complexity index is 373. The van der Waals surface area contributed by atoms with Crippen LogP contribution in [0.15, 0.2) is 12.1 Å². The van der Waals surface area contributed by atoms with Crippen molar-refractivity contribution in [3.05, 3.63) is 29.3 Å². The Kier molecular flexibility index (Phi) is 8.19. The van der Waals surface area contributed by atoms with Gasteiger partial charge < -0.3 is 10.1 Å². The zero-order valence-electron chi connectivity index (χ0n) is 12.5. The van der Waals surface area contributed by atoms with Crippen molar-refractivity contribution in [1.82, 2.24) is 5.32 Å². The SMILES string of the molecule is CCCCCCCOc1c(F)cc(CNCC)cc1F. The molecule has 0 fully saturated rings. The van der Waals surface area contributed by atoms with E-state index in [1.54, 1.807) is 0 Å². The molecule has 1 rings (SSSR count). The molecule has 0 aromatic heterocycles. The van der Waals surface area contributed by atoms with Crippen molar-refractivity contribution >= 4 is 0 Å². The summed E-state index contributed by atoms with van der Waals surface area (Å²) < 4.78 is 32.8. The Morgan fingerprint density at radius 1 is 1.00 bits per heavy atom. The molecule has 0 bridgehead atoms. The quantitative estimate of drug-likeness (QED) is 0.642. The molecule has 4 heteroatoms. The third-order valence-electron chi connectivity index (χ3n) is 3.13. The Labute approximate surface area is 120 Å². The van der Waals surface area contributed by atoms with Crippen LogP contribution in [0.25, 0.3) is 0 Å². The van der Waals surface area contributed by atoms with E-state index < -0.39 is 11.6 Å². The molecule has 0 saturated heterocycles. The summed E-state index contributed by atoms with van der Waals surface area (Å²) in [5, 5.41) is 3.04. The van der Waals surface area contributed by atoms with Gasteiger partial charge in [-0.3, -0.25) is 0 Å². The molecular formula is C16H25F2NO. The molecule has 20 heavy (non-hydrogen) atoms. The highest BCUT2D eigenvalue weighted by Crippen LogP contribution is 2.23. The van der Waals surface area contributed by atoms with Gasteiger partial charge in [0.25, 0.3) is 0 Å². The van der Waals surface area contributed by atoms with Gasteiger partial charge in [-0.2, -0.15) is 0 Å². The summed E-state index contributed by atoms with van der Waals surface area (Å²) in [5.41, 5.74) is 0.595. The third-order valence-corrected chi connectivity index (χ3v) is 3.13. The number of ether oxygens (including phenoxy) is 1. The second kappa shape index (κ2) is 9.70. The van der Waals surface area contributed by atoms with Crippen molar-refractivity contribution in [2.75, 3.05) is 13.2 Å². The molecule has 2 nitrogen and oxygen atoms in total. The van der Waals surface area contributed by atoms with Crippen LogP contribution in [-0.2, 0) is 6.54 Å². The number of hydrogen-bond donors (Lipinski definition) is 1. The maximum Gasteiger partial charge on any atom is 0.190 e. The number of hydrogen-bond acceptors (Lipinski definition) is 2. The van der Waals surface area contributed by atoms with Crippen molar-refractivity contribution in [2.45, 2.75) is 52.5 Å². The number of unbranched alkanes of at least 4 members (excludes halogenated alkanes) is 4. The first kappa shape index (κ1) is 16.9. The van der Waals surface area contributed by atoms with Crippen LogP contribution in [0.4, 0.5) is 8.78 Å². The van der Waals surface area contributed by atoms with E-state index in [0.717, 1.165) is 25.8 Å². The van der Waals surface area contributed by atoms with Crippen LogP contribution in [-0.4, -0.2) is 13.2 Å². The first-order chi connectivity index (χ1) is 9.69. The van der Waals surface area contributed by atoms with Gasteiger partial charge in [-0.15, -0.1) is 0 Å². The topological polar surface area (TPSA) is 21.3 Å². The predicted octanol–water partition coefficient (Wildman–Crippen LogP) is 4.42. The molecule has 0 aliphatic heterocycles. The zero-order valence-corrected chi connectivity index (χ0v) is 12.5. The summed E-state index contributed by atoms with van der Waals surface area (Å²) in [6.45, 7) is 5.68. The molecular weight excluding hydrogens is 260 g/mol. The van der Waals surface area contributed by atoms with Crippen LogP contribution in [0, 0.1) is 11.6 Å². The number of rotatable bonds is 10. The maximum atomic E-state index is 13.8. The van der Waals surface area contributed by atoms with E-state index in [4.69, 9.17) is 4.74 Å². The fourth-order valence-electron chi connectivity index (χ4n) is 2.00. The largest absolute Gasteiger partial charge is 0.488 e. The van der Waals surface area contributed by atoms with E-state index in [9.17, 15) is 8.78 Å². The maximum absolute atomic E-state index is 13.8. The Morgan fingerprint density at radius 2 is 1.65 bits per heavy atom. The van der Waals surface area contributed by atoms with E-state index in [1.165, 1.54) is 25.0 Å². The van der Waals surface area contributed by atoms with Gasteiger partial charge in [-0.25, -0.2) is 8.78 Å². The molecule has 1 aromatic carbocycles. The summed E-state index contributed by atoms with van der Waals surface area (Å²) in [4.78, 5) is 0. The van der Waals surface area contributed by atoms with Crippen molar-refractivity contribution in [3.63, 3.8) is 0 Å². The lowest BCUT2D eigenvalue weighted by Crippen LogP contribution is -2.12. The smallest absolute Gasteiger partial charge is 0.190 e. The molecule has 0 aliphatic carbocycles. The summed E-state index contributed by atoms with van der Waals surface area (Å²) in [6, 6.07) is 2.66. The summed E-state index contributed by atoms with van der Waals surface area (Å²) in [5.74, 6) is -1.49. The molecule has 114 valence electrons. The lowest BCUT2D eigenvalue weighted by Gasteiger charge is -2.10. The predicted molar refractivity (Wildman–Crippen MR) is 78.0 cm³/mol. The van der Waals surface area contributed by atoms with Crippen LogP contribution in [0.3, 0.4) is 0 Å². The second-order valence-electron chi connectivity index (χ2n) is 4.93. The van der Waals surface area contributed by atoms with Gasteiger partial charge in [-0.1, -0.05) is 39.5 Å². The van der Waals surface area contributed by atoms with Crippen LogP contribution in [0.5, 0.6) is 5.75 Å². The van der Waals surface area contributed by atoms with Crippen LogP contribution < -0.4 is 10.1 Å². The first-order valence-electron chi connectivity index (χ1n) is 7.50. The van der Waals surface area contributed by atoms with E-state index >= 15 is 0 Å². The average Bonchev–Trinajstić information content (AvgIpc) is 2.42. The lowest BCUT2D eigenvalue weighted by molar-refractivity contribution is 0.275. The molecule has 0 aliphatic rings. The van der Waals surface area contributed by atoms with Gasteiger partial charge >= 0.3 is 0 Å². The van der Waals surface area contributed by atoms with Crippen molar-refractivity contribution in [2.24, 2.45) is 0 Å². The Hall–Kier alpha value is -1.16. The molecule has 1 N–H and O–H groups in total. The van der Waals surface area contributed by atoms with Crippen molar-refractivity contribution in [1.29, 1.82) is 0 Å². The Morgan fingerprint density at radius 3 is 2.25 bits per heavy atom. The molecule has 0 heterocycles. The molecule has 1 aromatic rings. The molecule has 0 saturated carbocycles. The monoisotopic (exact) mass is 285 g/mol. The lowest BCUT2D eigenvalue weighted by atomic mass is 10.1. The average molecular weight is 285 g/mol. The van der Waals surface area contributed by atoms with E-state index in [-0.39, 0.29) is 5.75 Å². The highest BCUT2D eigenvalue weighted by atomic mass is 19.1. The van der Waals surface area contributed by atoms with Crippen molar-refractivity contribution < 1.29 is 13.5 Å². The van der Waals surface area contributed by atoms with Crippen LogP contribution in [0.2, 0.25) is 0 Å². The fraction of sp³-hybridized carbons (Fsp3) is 0.625. The first-order valence-corrected chi connectivity index (χ1v) is 7.50. The minimum absolute atomic E-state index is 0.249. The summed E-state index contributed by atoms with van der Waals surface area (Å²) >= 11 is 0.